The van der Waals surface area contributed by atoms with Gasteiger partial charge in [0, 0.05) is 10.4 Å². The topological polar surface area (TPSA) is 55.1 Å². The zero-order valence-electron chi connectivity index (χ0n) is 11.0. The Morgan fingerprint density at radius 2 is 2.00 bits per heavy atom. The summed E-state index contributed by atoms with van der Waals surface area (Å²) >= 11 is 1.67. The first kappa shape index (κ1) is 13.8. The third-order valence-corrected chi connectivity index (χ3v) is 4.05. The Hall–Kier alpha value is -1.65. The Morgan fingerprint density at radius 3 is 2.58 bits per heavy atom. The molecule has 0 aliphatic heterocycles. The minimum absolute atomic E-state index is 0.0351. The van der Waals surface area contributed by atoms with Gasteiger partial charge in [0.1, 0.15) is 0 Å². The Bertz CT molecular complexity index is 546. The van der Waals surface area contributed by atoms with Crippen LogP contribution in [0, 0.1) is 6.92 Å². The molecule has 0 fully saturated rings. The standard InChI is InChI=1S/C15H18N2OS/c1-11-7-9-19-14(11)10-17-15(18)13-4-2-12(3-5-13)6-8-16/h2-5,7,9H,6,8,10,16H2,1H3,(H,17,18). The first-order valence-corrected chi connectivity index (χ1v) is 7.19. The van der Waals surface area contributed by atoms with Gasteiger partial charge in [0.2, 0.25) is 0 Å². The van der Waals surface area contributed by atoms with E-state index in [1.54, 1.807) is 11.3 Å². The van der Waals surface area contributed by atoms with Gasteiger partial charge in [0.15, 0.2) is 0 Å². The van der Waals surface area contributed by atoms with Crippen molar-refractivity contribution >= 4 is 17.2 Å². The lowest BCUT2D eigenvalue weighted by molar-refractivity contribution is 0.0951. The Balaban J connectivity index is 1.94. The molecule has 1 amide bonds. The zero-order valence-corrected chi connectivity index (χ0v) is 11.8. The molecule has 1 aromatic carbocycles. The summed E-state index contributed by atoms with van der Waals surface area (Å²) in [7, 11) is 0. The molecule has 1 heterocycles. The van der Waals surface area contributed by atoms with Crippen molar-refractivity contribution in [1.82, 2.24) is 5.32 Å². The zero-order chi connectivity index (χ0) is 13.7. The van der Waals surface area contributed by atoms with Crippen LogP contribution in [0.4, 0.5) is 0 Å². The van der Waals surface area contributed by atoms with Crippen molar-refractivity contribution in [3.05, 3.63) is 57.3 Å². The lowest BCUT2D eigenvalue weighted by Gasteiger charge is -2.06. The second kappa shape index (κ2) is 6.50. The molecule has 3 nitrogen and oxygen atoms in total. The van der Waals surface area contributed by atoms with Crippen LogP contribution in [-0.4, -0.2) is 12.5 Å². The van der Waals surface area contributed by atoms with Crippen LogP contribution < -0.4 is 11.1 Å². The van der Waals surface area contributed by atoms with Crippen molar-refractivity contribution in [3.8, 4) is 0 Å². The molecule has 0 saturated heterocycles. The number of aryl methyl sites for hydroxylation is 1. The van der Waals surface area contributed by atoms with Crippen LogP contribution in [0.25, 0.3) is 0 Å². The summed E-state index contributed by atoms with van der Waals surface area (Å²) in [6, 6.07) is 9.67. The van der Waals surface area contributed by atoms with Crippen LogP contribution in [-0.2, 0) is 13.0 Å². The highest BCUT2D eigenvalue weighted by atomic mass is 32.1. The molecule has 0 saturated carbocycles. The molecule has 2 aromatic rings. The summed E-state index contributed by atoms with van der Waals surface area (Å²) in [6.07, 6.45) is 0.844. The van der Waals surface area contributed by atoms with Gasteiger partial charge in [-0.15, -0.1) is 11.3 Å². The van der Waals surface area contributed by atoms with Gasteiger partial charge >= 0.3 is 0 Å². The lowest BCUT2D eigenvalue weighted by atomic mass is 10.1. The maximum atomic E-state index is 12.0. The highest BCUT2D eigenvalue weighted by Gasteiger charge is 2.06. The average Bonchev–Trinajstić information content (AvgIpc) is 2.83. The van der Waals surface area contributed by atoms with Crippen molar-refractivity contribution in [1.29, 1.82) is 0 Å². The van der Waals surface area contributed by atoms with Gasteiger partial charge in [-0.25, -0.2) is 0 Å². The van der Waals surface area contributed by atoms with Crippen LogP contribution in [0.1, 0.15) is 26.4 Å². The second-order valence-corrected chi connectivity index (χ2v) is 5.45. The van der Waals surface area contributed by atoms with Crippen LogP contribution in [0.2, 0.25) is 0 Å². The molecule has 0 radical (unpaired) electrons. The summed E-state index contributed by atoms with van der Waals surface area (Å²) in [5.74, 6) is -0.0351. The van der Waals surface area contributed by atoms with Gasteiger partial charge in [0.05, 0.1) is 6.54 Å². The Labute approximate surface area is 117 Å². The molecular weight excluding hydrogens is 256 g/mol. The number of carbonyl (C=O) groups excluding carboxylic acids is 1. The first-order valence-electron chi connectivity index (χ1n) is 6.31. The summed E-state index contributed by atoms with van der Waals surface area (Å²) in [6.45, 7) is 3.27. The summed E-state index contributed by atoms with van der Waals surface area (Å²) in [5.41, 5.74) is 8.57. The molecule has 3 N–H and O–H groups in total. The van der Waals surface area contributed by atoms with E-state index in [4.69, 9.17) is 5.73 Å². The third-order valence-electron chi connectivity index (χ3n) is 3.03. The average molecular weight is 274 g/mol. The van der Waals surface area contributed by atoms with Gasteiger partial charge in [-0.2, -0.15) is 0 Å². The van der Waals surface area contributed by atoms with Gasteiger partial charge in [-0.05, 0) is 54.6 Å². The van der Waals surface area contributed by atoms with Gasteiger partial charge < -0.3 is 11.1 Å². The highest BCUT2D eigenvalue weighted by Crippen LogP contribution is 2.15. The van der Waals surface area contributed by atoms with Crippen molar-refractivity contribution in [2.45, 2.75) is 19.9 Å². The smallest absolute Gasteiger partial charge is 0.251 e. The van der Waals surface area contributed by atoms with Crippen LogP contribution in [0.15, 0.2) is 35.7 Å². The molecule has 2 rings (SSSR count). The molecule has 19 heavy (non-hydrogen) atoms. The van der Waals surface area contributed by atoms with E-state index < -0.39 is 0 Å². The second-order valence-electron chi connectivity index (χ2n) is 4.45. The van der Waals surface area contributed by atoms with E-state index in [0.29, 0.717) is 18.7 Å². The normalized spacial score (nSPS) is 10.4. The largest absolute Gasteiger partial charge is 0.347 e. The molecule has 4 heteroatoms. The maximum Gasteiger partial charge on any atom is 0.251 e. The predicted octanol–water partition coefficient (Wildman–Crippen LogP) is 2.49. The van der Waals surface area contributed by atoms with Gasteiger partial charge in [-0.1, -0.05) is 12.1 Å². The minimum Gasteiger partial charge on any atom is -0.347 e. The summed E-state index contributed by atoms with van der Waals surface area (Å²) < 4.78 is 0. The molecule has 0 aliphatic carbocycles. The SMILES string of the molecule is Cc1ccsc1CNC(=O)c1ccc(CCN)cc1. The van der Waals surface area contributed by atoms with E-state index in [2.05, 4.69) is 18.3 Å². The van der Waals surface area contributed by atoms with Crippen LogP contribution >= 0.6 is 11.3 Å². The molecule has 0 spiro atoms. The van der Waals surface area contributed by atoms with E-state index in [-0.39, 0.29) is 5.91 Å². The van der Waals surface area contributed by atoms with Crippen LogP contribution in [0.5, 0.6) is 0 Å². The predicted molar refractivity (Wildman–Crippen MR) is 79.4 cm³/mol. The minimum atomic E-state index is -0.0351. The molecule has 0 aliphatic rings. The number of amides is 1. The number of hydrogen-bond acceptors (Lipinski definition) is 3. The Kier molecular flexibility index (Phi) is 4.71. The maximum absolute atomic E-state index is 12.0. The summed E-state index contributed by atoms with van der Waals surface area (Å²) in [5, 5.41) is 4.98. The quantitative estimate of drug-likeness (QED) is 0.880. The fraction of sp³-hybridized carbons (Fsp3) is 0.267. The number of nitrogens with one attached hydrogen (secondary N) is 1. The van der Waals surface area contributed by atoms with Crippen molar-refractivity contribution in [3.63, 3.8) is 0 Å². The van der Waals surface area contributed by atoms with E-state index in [1.807, 2.05) is 29.6 Å². The van der Waals surface area contributed by atoms with Gasteiger partial charge in [-0.3, -0.25) is 4.79 Å². The molecule has 0 unspecified atom stereocenters. The van der Waals surface area contributed by atoms with Crippen molar-refractivity contribution in [2.24, 2.45) is 5.73 Å². The van der Waals surface area contributed by atoms with E-state index in [9.17, 15) is 4.79 Å². The fourth-order valence-electron chi connectivity index (χ4n) is 1.84. The molecule has 100 valence electrons. The summed E-state index contributed by atoms with van der Waals surface area (Å²) in [4.78, 5) is 13.2. The lowest BCUT2D eigenvalue weighted by Crippen LogP contribution is -2.22. The number of carbonyl (C=O) groups is 1. The number of hydrogen-bond donors (Lipinski definition) is 2. The van der Waals surface area contributed by atoms with Crippen molar-refractivity contribution < 1.29 is 4.79 Å². The van der Waals surface area contributed by atoms with Gasteiger partial charge in [0.25, 0.3) is 5.91 Å². The monoisotopic (exact) mass is 274 g/mol. The third kappa shape index (κ3) is 3.66. The highest BCUT2D eigenvalue weighted by molar-refractivity contribution is 7.10. The van der Waals surface area contributed by atoms with Crippen LogP contribution in [0.3, 0.4) is 0 Å². The molecular formula is C15H18N2OS. The number of benzene rings is 1. The number of rotatable bonds is 5. The first-order chi connectivity index (χ1) is 9.20. The van der Waals surface area contributed by atoms with Crippen molar-refractivity contribution in [2.75, 3.05) is 6.54 Å². The Morgan fingerprint density at radius 1 is 1.26 bits per heavy atom. The fourth-order valence-corrected chi connectivity index (χ4v) is 2.68. The molecule has 1 aromatic heterocycles. The number of nitrogens with two attached hydrogens (primary N) is 1. The van der Waals surface area contributed by atoms with E-state index in [1.165, 1.54) is 10.4 Å². The number of thiophene rings is 1. The molecule has 0 bridgehead atoms. The van der Waals surface area contributed by atoms with E-state index >= 15 is 0 Å². The van der Waals surface area contributed by atoms with E-state index in [0.717, 1.165) is 12.0 Å². The molecule has 0 atom stereocenters.